The minimum Gasteiger partial charge on any atom is -0.383 e. The summed E-state index contributed by atoms with van der Waals surface area (Å²) in [4.78, 5) is 10.6. The van der Waals surface area contributed by atoms with E-state index in [-0.39, 0.29) is 11.8 Å². The fraction of sp³-hybridized carbons (Fsp3) is 0.800. The van der Waals surface area contributed by atoms with E-state index in [1.54, 1.807) is 0 Å². The molecule has 0 aromatic carbocycles. The van der Waals surface area contributed by atoms with E-state index in [1.165, 1.54) is 0 Å². The van der Waals surface area contributed by atoms with Gasteiger partial charge in [-0.05, 0) is 0 Å². The van der Waals surface area contributed by atoms with Crippen LogP contribution in [0.3, 0.4) is 0 Å². The summed E-state index contributed by atoms with van der Waals surface area (Å²) < 4.78 is 0. The Bertz CT molecular complexity index is 126. The number of aliphatic hydroxyl groups excluding tert-OH is 1. The maximum atomic E-state index is 10.6. The fourth-order valence-corrected chi connectivity index (χ4v) is 0.743. The summed E-state index contributed by atoms with van der Waals surface area (Å²) in [6, 6.07) is 0. The first-order valence-electron chi connectivity index (χ1n) is 2.92. The molecule has 1 rings (SSSR count). The zero-order valence-corrected chi connectivity index (χ0v) is 5.22. The van der Waals surface area contributed by atoms with Gasteiger partial charge in [0.1, 0.15) is 6.10 Å². The summed E-state index contributed by atoms with van der Waals surface area (Å²) in [5, 5.41) is 8.99. The minimum atomic E-state index is -0.841. The van der Waals surface area contributed by atoms with E-state index in [9.17, 15) is 4.79 Å². The number of carbonyl (C=O) groups excluding carboxylic acids is 1. The van der Waals surface area contributed by atoms with Gasteiger partial charge in [0, 0.05) is 12.5 Å². The number of hydrogen-bond donors (Lipinski definition) is 3. The number of aliphatic hydroxyl groups is 1. The van der Waals surface area contributed by atoms with Crippen molar-refractivity contribution in [1.82, 2.24) is 10.9 Å². The average Bonchev–Trinajstić information content (AvgIpc) is 1.83. The predicted octanol–water partition coefficient (Wildman–Crippen LogP) is -1.38. The number of carbonyl (C=O) groups is 1. The van der Waals surface area contributed by atoms with Gasteiger partial charge in [-0.15, -0.1) is 0 Å². The molecule has 1 aliphatic rings. The van der Waals surface area contributed by atoms with Crippen molar-refractivity contribution in [3.05, 3.63) is 0 Å². The normalized spacial score (nSPS) is 36.0. The highest BCUT2D eigenvalue weighted by atomic mass is 16.3. The van der Waals surface area contributed by atoms with Gasteiger partial charge in [0.05, 0.1) is 0 Å². The van der Waals surface area contributed by atoms with Gasteiger partial charge < -0.3 is 5.11 Å². The van der Waals surface area contributed by atoms with Crippen LogP contribution in [0.4, 0.5) is 0 Å². The SMILES string of the molecule is CC1CNNC(=O)C1O. The van der Waals surface area contributed by atoms with E-state index in [1.807, 2.05) is 6.92 Å². The first-order chi connectivity index (χ1) is 4.22. The van der Waals surface area contributed by atoms with Crippen molar-refractivity contribution in [2.45, 2.75) is 13.0 Å². The summed E-state index contributed by atoms with van der Waals surface area (Å²) in [6.07, 6.45) is -0.841. The molecule has 1 saturated heterocycles. The van der Waals surface area contributed by atoms with Crippen LogP contribution < -0.4 is 10.9 Å². The summed E-state index contributed by atoms with van der Waals surface area (Å²) in [5.41, 5.74) is 4.98. The molecule has 1 amide bonds. The van der Waals surface area contributed by atoms with E-state index >= 15 is 0 Å². The number of hydrogen-bond acceptors (Lipinski definition) is 3. The van der Waals surface area contributed by atoms with Gasteiger partial charge in [-0.1, -0.05) is 6.92 Å². The van der Waals surface area contributed by atoms with Crippen molar-refractivity contribution < 1.29 is 9.90 Å². The molecular weight excluding hydrogens is 120 g/mol. The number of nitrogens with one attached hydrogen (secondary N) is 2. The van der Waals surface area contributed by atoms with E-state index in [0.717, 1.165) is 0 Å². The van der Waals surface area contributed by atoms with Crippen LogP contribution >= 0.6 is 0 Å². The number of amides is 1. The quantitative estimate of drug-likeness (QED) is 0.378. The molecule has 2 unspecified atom stereocenters. The average molecular weight is 130 g/mol. The Labute approximate surface area is 53.2 Å². The molecular formula is C5H10N2O2. The van der Waals surface area contributed by atoms with Crippen LogP contribution in [0.2, 0.25) is 0 Å². The second-order valence-corrected chi connectivity index (χ2v) is 2.29. The Morgan fingerprint density at radius 1 is 1.78 bits per heavy atom. The zero-order valence-electron chi connectivity index (χ0n) is 5.22. The lowest BCUT2D eigenvalue weighted by Gasteiger charge is -2.24. The van der Waals surface area contributed by atoms with Crippen LogP contribution in [-0.4, -0.2) is 23.7 Å². The Morgan fingerprint density at radius 2 is 2.44 bits per heavy atom. The van der Waals surface area contributed by atoms with Gasteiger partial charge in [0.25, 0.3) is 5.91 Å². The van der Waals surface area contributed by atoms with Crippen LogP contribution in [0.15, 0.2) is 0 Å². The van der Waals surface area contributed by atoms with Crippen molar-refractivity contribution >= 4 is 5.91 Å². The standard InChI is InChI=1S/C5H10N2O2/c1-3-2-6-7-5(9)4(3)8/h3-4,6,8H,2H2,1H3,(H,7,9). The van der Waals surface area contributed by atoms with E-state index < -0.39 is 6.10 Å². The molecule has 52 valence electrons. The van der Waals surface area contributed by atoms with Gasteiger partial charge in [-0.25, -0.2) is 5.43 Å². The van der Waals surface area contributed by atoms with E-state index in [0.29, 0.717) is 6.54 Å². The van der Waals surface area contributed by atoms with Crippen LogP contribution in [0.1, 0.15) is 6.92 Å². The lowest BCUT2D eigenvalue weighted by Crippen LogP contribution is -2.54. The molecule has 0 bridgehead atoms. The summed E-state index contributed by atoms with van der Waals surface area (Å²) in [5.74, 6) is -0.326. The van der Waals surface area contributed by atoms with Gasteiger partial charge in [-0.3, -0.25) is 10.2 Å². The van der Waals surface area contributed by atoms with Gasteiger partial charge >= 0.3 is 0 Å². The van der Waals surface area contributed by atoms with Crippen LogP contribution in [-0.2, 0) is 4.79 Å². The molecule has 1 aliphatic heterocycles. The predicted molar refractivity (Wildman–Crippen MR) is 31.3 cm³/mol. The molecule has 1 heterocycles. The molecule has 0 aliphatic carbocycles. The molecule has 0 aromatic rings. The van der Waals surface area contributed by atoms with Crippen molar-refractivity contribution in [3.8, 4) is 0 Å². The molecule has 1 fully saturated rings. The molecule has 9 heavy (non-hydrogen) atoms. The molecule has 4 nitrogen and oxygen atoms in total. The second kappa shape index (κ2) is 2.33. The summed E-state index contributed by atoms with van der Waals surface area (Å²) in [6.45, 7) is 2.45. The van der Waals surface area contributed by atoms with Gasteiger partial charge in [0.2, 0.25) is 0 Å². The molecule has 0 radical (unpaired) electrons. The smallest absolute Gasteiger partial charge is 0.263 e. The molecule has 2 atom stereocenters. The zero-order chi connectivity index (χ0) is 6.85. The van der Waals surface area contributed by atoms with Crippen molar-refractivity contribution in [2.75, 3.05) is 6.54 Å². The lowest BCUT2D eigenvalue weighted by molar-refractivity contribution is -0.135. The topological polar surface area (TPSA) is 61.4 Å². The first kappa shape index (κ1) is 6.51. The summed E-state index contributed by atoms with van der Waals surface area (Å²) >= 11 is 0. The fourth-order valence-electron chi connectivity index (χ4n) is 0.743. The Morgan fingerprint density at radius 3 is 2.89 bits per heavy atom. The number of hydrazine groups is 1. The molecule has 4 heteroatoms. The molecule has 3 N–H and O–H groups in total. The Hall–Kier alpha value is -0.610. The van der Waals surface area contributed by atoms with Gasteiger partial charge in [-0.2, -0.15) is 0 Å². The maximum absolute atomic E-state index is 10.6. The van der Waals surface area contributed by atoms with Crippen molar-refractivity contribution in [3.63, 3.8) is 0 Å². The largest absolute Gasteiger partial charge is 0.383 e. The number of rotatable bonds is 0. The third kappa shape index (κ3) is 1.20. The van der Waals surface area contributed by atoms with Crippen LogP contribution in [0.25, 0.3) is 0 Å². The van der Waals surface area contributed by atoms with Crippen LogP contribution in [0, 0.1) is 5.92 Å². The third-order valence-corrected chi connectivity index (χ3v) is 1.44. The Kier molecular flexibility index (Phi) is 1.68. The maximum Gasteiger partial charge on any atom is 0.263 e. The third-order valence-electron chi connectivity index (χ3n) is 1.44. The van der Waals surface area contributed by atoms with Crippen molar-refractivity contribution in [1.29, 1.82) is 0 Å². The highest BCUT2D eigenvalue weighted by molar-refractivity contribution is 5.80. The highest BCUT2D eigenvalue weighted by Gasteiger charge is 2.25. The minimum absolute atomic E-state index is 0.0127. The lowest BCUT2D eigenvalue weighted by atomic mass is 10.0. The molecule has 0 spiro atoms. The Balaban J connectivity index is 2.51. The van der Waals surface area contributed by atoms with E-state index in [2.05, 4.69) is 10.9 Å². The monoisotopic (exact) mass is 130 g/mol. The van der Waals surface area contributed by atoms with E-state index in [4.69, 9.17) is 5.11 Å². The van der Waals surface area contributed by atoms with Crippen molar-refractivity contribution in [2.24, 2.45) is 5.92 Å². The molecule has 0 aromatic heterocycles. The second-order valence-electron chi connectivity index (χ2n) is 2.29. The van der Waals surface area contributed by atoms with Crippen LogP contribution in [0.5, 0.6) is 0 Å². The van der Waals surface area contributed by atoms with Gasteiger partial charge in [0.15, 0.2) is 0 Å². The summed E-state index contributed by atoms with van der Waals surface area (Å²) in [7, 11) is 0. The molecule has 0 saturated carbocycles. The highest BCUT2D eigenvalue weighted by Crippen LogP contribution is 2.03. The first-order valence-corrected chi connectivity index (χ1v) is 2.92.